The summed E-state index contributed by atoms with van der Waals surface area (Å²) in [6, 6.07) is -0.493. The van der Waals surface area contributed by atoms with Crippen molar-refractivity contribution in [1.82, 2.24) is 4.90 Å². The van der Waals surface area contributed by atoms with Gasteiger partial charge in [0.25, 0.3) is 0 Å². The molecule has 1 N–H and O–H groups in total. The number of thioether (sulfide) groups is 1. The number of aliphatic carboxylic acids is 1. The highest BCUT2D eigenvalue weighted by Gasteiger charge is 2.39. The number of carboxylic acids is 1. The van der Waals surface area contributed by atoms with Crippen molar-refractivity contribution in [2.24, 2.45) is 11.8 Å². The van der Waals surface area contributed by atoms with Crippen LogP contribution in [0, 0.1) is 11.8 Å². The summed E-state index contributed by atoms with van der Waals surface area (Å²) < 4.78 is 0. The fourth-order valence-corrected chi connectivity index (χ4v) is 4.81. The lowest BCUT2D eigenvalue weighted by molar-refractivity contribution is -0.143. The molecule has 2 atom stereocenters. The van der Waals surface area contributed by atoms with Crippen LogP contribution < -0.4 is 0 Å². The van der Waals surface area contributed by atoms with Crippen LogP contribution in [0.5, 0.6) is 0 Å². The third kappa shape index (κ3) is 3.49. The fraction of sp³-hybridized carbons (Fsp3) is 0.667. The van der Waals surface area contributed by atoms with E-state index in [2.05, 4.69) is 0 Å². The number of nitrogens with zero attached hydrogens (tertiary/aromatic N) is 1. The van der Waals surface area contributed by atoms with Gasteiger partial charge >= 0.3 is 5.97 Å². The number of hydrogen-bond donors (Lipinski definition) is 1. The van der Waals surface area contributed by atoms with E-state index in [-0.39, 0.29) is 11.7 Å². The van der Waals surface area contributed by atoms with Crippen LogP contribution in [0.2, 0.25) is 0 Å². The van der Waals surface area contributed by atoms with E-state index >= 15 is 0 Å². The summed E-state index contributed by atoms with van der Waals surface area (Å²) in [5, 5.41) is 9.71. The molecule has 0 radical (unpaired) electrons. The molecule has 0 spiro atoms. The Morgan fingerprint density at radius 3 is 2.78 bits per heavy atom. The van der Waals surface area contributed by atoms with Crippen molar-refractivity contribution in [2.75, 3.05) is 12.8 Å². The lowest BCUT2D eigenvalue weighted by Crippen LogP contribution is -2.40. The minimum atomic E-state index is -0.756. The molecule has 3 aliphatic rings. The SMILES string of the molecule is CSC1=CCC(=O)C2CN([C@@H](CC3CCCCC3)C(=O)O)C=C12. The Bertz CT molecular complexity index is 548. The molecule has 0 aromatic rings. The summed E-state index contributed by atoms with van der Waals surface area (Å²) in [4.78, 5) is 27.1. The number of Topliss-reactive ketones (excluding diaryl/α,β-unsaturated/α-hetero) is 1. The van der Waals surface area contributed by atoms with Gasteiger partial charge in [-0.05, 0) is 24.2 Å². The maximum absolute atomic E-state index is 12.2. The average Bonchev–Trinajstić information content (AvgIpc) is 2.99. The molecule has 4 nitrogen and oxygen atoms in total. The van der Waals surface area contributed by atoms with Crippen molar-refractivity contribution in [1.29, 1.82) is 0 Å². The maximum Gasteiger partial charge on any atom is 0.326 e. The van der Waals surface area contributed by atoms with Crippen molar-refractivity contribution in [2.45, 2.75) is 51.0 Å². The van der Waals surface area contributed by atoms with E-state index in [1.165, 1.54) is 19.3 Å². The van der Waals surface area contributed by atoms with Gasteiger partial charge in [0.05, 0.1) is 5.92 Å². The molecule has 5 heteroatoms. The second-order valence-corrected chi connectivity index (χ2v) is 7.72. The summed E-state index contributed by atoms with van der Waals surface area (Å²) in [5.74, 6) is -0.153. The van der Waals surface area contributed by atoms with Gasteiger partial charge in [0.2, 0.25) is 0 Å². The molecule has 0 saturated heterocycles. The van der Waals surface area contributed by atoms with Crippen molar-refractivity contribution >= 4 is 23.5 Å². The van der Waals surface area contributed by atoms with Crippen LogP contribution in [0.3, 0.4) is 0 Å². The first-order valence-corrected chi connectivity index (χ1v) is 9.80. The molecule has 1 aliphatic heterocycles. The van der Waals surface area contributed by atoms with Crippen LogP contribution in [0.15, 0.2) is 22.8 Å². The van der Waals surface area contributed by atoms with Gasteiger partial charge in [-0.2, -0.15) is 0 Å². The topological polar surface area (TPSA) is 57.6 Å². The van der Waals surface area contributed by atoms with Gasteiger partial charge in [0.1, 0.15) is 11.8 Å². The van der Waals surface area contributed by atoms with Crippen molar-refractivity contribution in [3.63, 3.8) is 0 Å². The molecular weight excluding hydrogens is 310 g/mol. The summed E-state index contributed by atoms with van der Waals surface area (Å²) in [5.41, 5.74) is 1.03. The summed E-state index contributed by atoms with van der Waals surface area (Å²) in [6.07, 6.45) is 13.1. The van der Waals surface area contributed by atoms with Crippen molar-refractivity contribution < 1.29 is 14.7 Å². The Balaban J connectivity index is 1.76. The van der Waals surface area contributed by atoms with Crippen LogP contribution in [0.4, 0.5) is 0 Å². The number of carboxylic acid groups (broad SMARTS) is 1. The monoisotopic (exact) mass is 335 g/mol. The maximum atomic E-state index is 12.2. The summed E-state index contributed by atoms with van der Waals surface area (Å²) >= 11 is 1.65. The zero-order valence-corrected chi connectivity index (χ0v) is 14.5. The number of ketones is 1. The van der Waals surface area contributed by atoms with Crippen LogP contribution in [0.1, 0.15) is 44.9 Å². The van der Waals surface area contributed by atoms with Gasteiger partial charge in [0.15, 0.2) is 0 Å². The van der Waals surface area contributed by atoms with E-state index < -0.39 is 12.0 Å². The van der Waals surface area contributed by atoms with Crippen molar-refractivity contribution in [3.8, 4) is 0 Å². The third-order valence-corrected chi connectivity index (χ3v) is 6.26. The third-order valence-electron chi connectivity index (χ3n) is 5.42. The van der Waals surface area contributed by atoms with Crippen LogP contribution in [0.25, 0.3) is 0 Å². The second-order valence-electron chi connectivity index (χ2n) is 6.87. The molecule has 1 unspecified atom stereocenters. The molecule has 126 valence electrons. The smallest absolute Gasteiger partial charge is 0.326 e. The standard InChI is InChI=1S/C18H25NO3S/c1-23-17-8-7-16(20)13-10-19(11-14(13)17)15(18(21)22)9-12-5-3-2-4-6-12/h8,11-13,15H,2-7,9-10H2,1H3,(H,21,22)/t13?,15-/m0/s1. The lowest BCUT2D eigenvalue weighted by atomic mass is 9.84. The van der Waals surface area contributed by atoms with Crippen LogP contribution >= 0.6 is 11.8 Å². The number of hydrogen-bond acceptors (Lipinski definition) is 4. The first-order valence-electron chi connectivity index (χ1n) is 8.57. The highest BCUT2D eigenvalue weighted by molar-refractivity contribution is 8.02. The Kier molecular flexibility index (Phi) is 5.14. The lowest BCUT2D eigenvalue weighted by Gasteiger charge is -2.30. The number of fused-ring (bicyclic) bond motifs is 1. The Morgan fingerprint density at radius 2 is 2.13 bits per heavy atom. The van der Waals surface area contributed by atoms with Gasteiger partial charge in [-0.25, -0.2) is 4.79 Å². The zero-order valence-electron chi connectivity index (χ0n) is 13.7. The first kappa shape index (κ1) is 16.6. The van der Waals surface area contributed by atoms with Gasteiger partial charge in [-0.1, -0.05) is 38.2 Å². The van der Waals surface area contributed by atoms with Gasteiger partial charge in [-0.3, -0.25) is 4.79 Å². The van der Waals surface area contributed by atoms with Crippen molar-refractivity contribution in [3.05, 3.63) is 22.8 Å². The highest BCUT2D eigenvalue weighted by Crippen LogP contribution is 2.39. The Labute approximate surface area is 142 Å². The fourth-order valence-electron chi connectivity index (χ4n) is 4.13. The predicted octanol–water partition coefficient (Wildman–Crippen LogP) is 3.45. The molecule has 23 heavy (non-hydrogen) atoms. The zero-order chi connectivity index (χ0) is 16.4. The number of carbonyl (C=O) groups excluding carboxylic acids is 1. The predicted molar refractivity (Wildman–Crippen MR) is 92.1 cm³/mol. The molecule has 2 aliphatic carbocycles. The van der Waals surface area contributed by atoms with E-state index in [4.69, 9.17) is 0 Å². The Hall–Kier alpha value is -1.23. The van der Waals surface area contributed by atoms with Gasteiger partial charge < -0.3 is 10.0 Å². The van der Waals surface area contributed by atoms with E-state index in [9.17, 15) is 14.7 Å². The highest BCUT2D eigenvalue weighted by atomic mass is 32.2. The van der Waals surface area contributed by atoms with Gasteiger partial charge in [-0.15, -0.1) is 11.8 Å². The molecule has 1 fully saturated rings. The molecule has 0 amide bonds. The molecular formula is C18H25NO3S. The normalized spacial score (nSPS) is 26.6. The quantitative estimate of drug-likeness (QED) is 0.834. The largest absolute Gasteiger partial charge is 0.480 e. The van der Waals surface area contributed by atoms with Crippen LogP contribution in [-0.4, -0.2) is 40.6 Å². The molecule has 3 rings (SSSR count). The first-order chi connectivity index (χ1) is 11.1. The van der Waals surface area contributed by atoms with E-state index in [1.807, 2.05) is 23.4 Å². The number of carbonyl (C=O) groups is 2. The minimum absolute atomic E-state index is 0.129. The summed E-state index contributed by atoms with van der Waals surface area (Å²) in [6.45, 7) is 0.537. The molecule has 0 aromatic carbocycles. The Morgan fingerprint density at radius 1 is 1.39 bits per heavy atom. The molecule has 1 saturated carbocycles. The molecule has 0 aromatic heterocycles. The number of rotatable bonds is 5. The average molecular weight is 335 g/mol. The van der Waals surface area contributed by atoms with Gasteiger partial charge in [0, 0.05) is 24.1 Å². The minimum Gasteiger partial charge on any atom is -0.480 e. The molecule has 0 bridgehead atoms. The summed E-state index contributed by atoms with van der Waals surface area (Å²) in [7, 11) is 0. The van der Waals surface area contributed by atoms with E-state index in [1.54, 1.807) is 11.8 Å². The molecule has 1 heterocycles. The second kappa shape index (κ2) is 7.12. The van der Waals surface area contributed by atoms with Crippen LogP contribution in [-0.2, 0) is 9.59 Å². The van der Waals surface area contributed by atoms with E-state index in [0.29, 0.717) is 25.3 Å². The van der Waals surface area contributed by atoms with E-state index in [0.717, 1.165) is 23.3 Å². The number of allylic oxidation sites excluding steroid dienone is 2.